The molecule has 0 N–H and O–H groups in total. The van der Waals surface area contributed by atoms with E-state index < -0.39 is 11.4 Å². The predicted octanol–water partition coefficient (Wildman–Crippen LogP) is 4.04. The summed E-state index contributed by atoms with van der Waals surface area (Å²) in [7, 11) is 0. The van der Waals surface area contributed by atoms with Gasteiger partial charge in [0.05, 0.1) is 6.10 Å². The van der Waals surface area contributed by atoms with Gasteiger partial charge in [-0.1, -0.05) is 27.2 Å². The first-order valence-electron chi connectivity index (χ1n) is 9.20. The average molecular weight is 310 g/mol. The lowest BCUT2D eigenvalue weighted by atomic mass is 9.57. The molecule has 0 aromatic heterocycles. The summed E-state index contributed by atoms with van der Waals surface area (Å²) >= 11 is 0. The summed E-state index contributed by atoms with van der Waals surface area (Å²) in [4.78, 5) is 12.0. The third-order valence-electron chi connectivity index (χ3n) is 6.87. The Hall–Kier alpha value is -0.160. The molecule has 8 unspecified atom stereocenters. The second-order valence-electron chi connectivity index (χ2n) is 8.23. The molecule has 0 aromatic carbocycles. The first-order chi connectivity index (χ1) is 10.5. The standard InChI is InChI=1S/C18H30O4/c1-5-6-15-12(3)14-8-7-11(2)13-9-10-17(4)20-16(19-15)18(13,14)22-21-17/h11-16H,5-10H2,1-4H3. The maximum atomic E-state index is 6.47. The third kappa shape index (κ3) is 1.97. The Labute approximate surface area is 133 Å². The van der Waals surface area contributed by atoms with Crippen LogP contribution in [0.5, 0.6) is 0 Å². The first kappa shape index (κ1) is 15.4. The Kier molecular flexibility index (Phi) is 3.61. The molecule has 0 amide bonds. The van der Waals surface area contributed by atoms with Crippen LogP contribution in [0.2, 0.25) is 0 Å². The molecule has 5 aliphatic rings. The largest absolute Gasteiger partial charge is 0.346 e. The van der Waals surface area contributed by atoms with Gasteiger partial charge in [-0.3, -0.25) is 0 Å². The van der Waals surface area contributed by atoms with Crippen molar-refractivity contribution in [2.45, 2.75) is 90.0 Å². The Bertz CT molecular complexity index is 441. The molecule has 0 aromatic rings. The van der Waals surface area contributed by atoms with Crippen LogP contribution in [-0.4, -0.2) is 23.8 Å². The van der Waals surface area contributed by atoms with Crippen LogP contribution in [0.3, 0.4) is 0 Å². The van der Waals surface area contributed by atoms with E-state index in [-0.39, 0.29) is 12.4 Å². The number of fused-ring (bicyclic) bond motifs is 2. The lowest BCUT2D eigenvalue weighted by molar-refractivity contribution is -0.571. The van der Waals surface area contributed by atoms with Gasteiger partial charge in [-0.15, -0.1) is 0 Å². The van der Waals surface area contributed by atoms with Crippen LogP contribution >= 0.6 is 0 Å². The Balaban J connectivity index is 1.75. The van der Waals surface area contributed by atoms with Crippen molar-refractivity contribution in [3.63, 3.8) is 0 Å². The molecule has 1 aliphatic carbocycles. The van der Waals surface area contributed by atoms with E-state index in [0.29, 0.717) is 23.7 Å². The topological polar surface area (TPSA) is 36.9 Å². The van der Waals surface area contributed by atoms with Crippen molar-refractivity contribution < 1.29 is 19.2 Å². The highest BCUT2D eigenvalue weighted by Gasteiger charge is 2.69. The first-order valence-corrected chi connectivity index (χ1v) is 9.20. The van der Waals surface area contributed by atoms with E-state index in [2.05, 4.69) is 20.8 Å². The fraction of sp³-hybridized carbons (Fsp3) is 1.00. The lowest BCUT2D eigenvalue weighted by Crippen LogP contribution is -2.70. The summed E-state index contributed by atoms with van der Waals surface area (Å²) in [6, 6.07) is 0. The van der Waals surface area contributed by atoms with Crippen molar-refractivity contribution in [3.8, 4) is 0 Å². The Morgan fingerprint density at radius 1 is 1.05 bits per heavy atom. The monoisotopic (exact) mass is 310 g/mol. The highest BCUT2D eigenvalue weighted by atomic mass is 17.3. The molecule has 4 aliphatic heterocycles. The van der Waals surface area contributed by atoms with Gasteiger partial charge < -0.3 is 9.47 Å². The lowest BCUT2D eigenvalue weighted by Gasteiger charge is -2.60. The molecule has 1 spiro atoms. The molecule has 2 bridgehead atoms. The second-order valence-corrected chi connectivity index (χ2v) is 8.23. The summed E-state index contributed by atoms with van der Waals surface area (Å²) in [5.74, 6) is 1.46. The predicted molar refractivity (Wildman–Crippen MR) is 81.7 cm³/mol. The Morgan fingerprint density at radius 2 is 1.86 bits per heavy atom. The molecular weight excluding hydrogens is 280 g/mol. The number of hydrogen-bond donors (Lipinski definition) is 0. The van der Waals surface area contributed by atoms with Gasteiger partial charge in [-0.2, -0.15) is 0 Å². The van der Waals surface area contributed by atoms with E-state index in [9.17, 15) is 0 Å². The molecule has 126 valence electrons. The number of ether oxygens (including phenoxy) is 2. The SMILES string of the molecule is CCCC1OC2OC3(C)CCC4C(C)CCC(C1C)C24OO3. The van der Waals surface area contributed by atoms with Crippen LogP contribution < -0.4 is 0 Å². The van der Waals surface area contributed by atoms with Crippen LogP contribution in [0.1, 0.15) is 66.2 Å². The van der Waals surface area contributed by atoms with Gasteiger partial charge in [-0.25, -0.2) is 9.78 Å². The highest BCUT2D eigenvalue weighted by Crippen LogP contribution is 2.60. The van der Waals surface area contributed by atoms with Crippen molar-refractivity contribution in [1.29, 1.82) is 0 Å². The van der Waals surface area contributed by atoms with Crippen LogP contribution in [0.15, 0.2) is 0 Å². The van der Waals surface area contributed by atoms with Gasteiger partial charge in [0.1, 0.15) is 0 Å². The van der Waals surface area contributed by atoms with Gasteiger partial charge in [0.2, 0.25) is 5.79 Å². The zero-order valence-corrected chi connectivity index (χ0v) is 14.3. The molecule has 1 saturated carbocycles. The van der Waals surface area contributed by atoms with Crippen LogP contribution in [0.4, 0.5) is 0 Å². The zero-order chi connectivity index (χ0) is 15.5. The van der Waals surface area contributed by atoms with Gasteiger partial charge in [0.25, 0.3) is 0 Å². The smallest absolute Gasteiger partial charge is 0.201 e. The van der Waals surface area contributed by atoms with Crippen molar-refractivity contribution in [1.82, 2.24) is 0 Å². The van der Waals surface area contributed by atoms with Gasteiger partial charge >= 0.3 is 0 Å². The molecule has 0 radical (unpaired) electrons. The number of hydrogen-bond acceptors (Lipinski definition) is 4. The van der Waals surface area contributed by atoms with Gasteiger partial charge in [0, 0.05) is 12.3 Å². The maximum Gasteiger partial charge on any atom is 0.201 e. The molecule has 4 heterocycles. The number of rotatable bonds is 2. The third-order valence-corrected chi connectivity index (χ3v) is 6.87. The van der Waals surface area contributed by atoms with E-state index in [1.54, 1.807) is 0 Å². The summed E-state index contributed by atoms with van der Waals surface area (Å²) < 4.78 is 12.8. The van der Waals surface area contributed by atoms with Crippen molar-refractivity contribution in [2.75, 3.05) is 0 Å². The Morgan fingerprint density at radius 3 is 2.64 bits per heavy atom. The van der Waals surface area contributed by atoms with Crippen LogP contribution in [-0.2, 0) is 19.2 Å². The molecule has 5 rings (SSSR count). The molecule has 8 atom stereocenters. The van der Waals surface area contributed by atoms with E-state index in [0.717, 1.165) is 25.7 Å². The molecule has 4 nitrogen and oxygen atoms in total. The van der Waals surface area contributed by atoms with E-state index >= 15 is 0 Å². The fourth-order valence-electron chi connectivity index (χ4n) is 5.59. The normalized spacial score (nSPS) is 57.3. The van der Waals surface area contributed by atoms with Crippen molar-refractivity contribution >= 4 is 0 Å². The van der Waals surface area contributed by atoms with Gasteiger partial charge in [-0.05, 0) is 50.4 Å². The maximum absolute atomic E-state index is 6.47. The quantitative estimate of drug-likeness (QED) is 0.721. The molecule has 4 saturated heterocycles. The second kappa shape index (κ2) is 5.17. The minimum absolute atomic E-state index is 0.265. The van der Waals surface area contributed by atoms with Crippen molar-refractivity contribution in [2.24, 2.45) is 23.7 Å². The highest BCUT2D eigenvalue weighted by molar-refractivity contribution is 5.09. The van der Waals surface area contributed by atoms with Gasteiger partial charge in [0.15, 0.2) is 11.9 Å². The molecule has 4 heteroatoms. The van der Waals surface area contributed by atoms with Crippen LogP contribution in [0, 0.1) is 23.7 Å². The minimum atomic E-state index is -0.644. The summed E-state index contributed by atoms with van der Waals surface area (Å²) in [5.41, 5.74) is -0.392. The molecule has 22 heavy (non-hydrogen) atoms. The minimum Gasteiger partial charge on any atom is -0.346 e. The van der Waals surface area contributed by atoms with Crippen molar-refractivity contribution in [3.05, 3.63) is 0 Å². The van der Waals surface area contributed by atoms with E-state index in [4.69, 9.17) is 19.2 Å². The fourth-order valence-corrected chi connectivity index (χ4v) is 5.59. The van der Waals surface area contributed by atoms with E-state index in [1.807, 2.05) is 6.92 Å². The van der Waals surface area contributed by atoms with E-state index in [1.165, 1.54) is 12.8 Å². The van der Waals surface area contributed by atoms with Crippen LogP contribution in [0.25, 0.3) is 0 Å². The summed E-state index contributed by atoms with van der Waals surface area (Å²) in [6.07, 6.45) is 6.75. The summed E-state index contributed by atoms with van der Waals surface area (Å²) in [5, 5.41) is 0. The zero-order valence-electron chi connectivity index (χ0n) is 14.3. The summed E-state index contributed by atoms with van der Waals surface area (Å²) in [6.45, 7) is 8.92. The average Bonchev–Trinajstić information content (AvgIpc) is 2.71. The molecule has 5 fully saturated rings. The molecular formula is C18H30O4.